The molecule has 1 aromatic carbocycles. The first-order valence-corrected chi connectivity index (χ1v) is 13.6. The number of rotatable bonds is 8. The minimum absolute atomic E-state index is 0.191. The lowest BCUT2D eigenvalue weighted by Gasteiger charge is -2.31. The Bertz CT molecular complexity index is 1720. The number of pyridine rings is 1. The van der Waals surface area contributed by atoms with Crippen molar-refractivity contribution in [1.29, 1.82) is 0 Å². The highest BCUT2D eigenvalue weighted by atomic mass is 16.5. The number of nitrogens with one attached hydrogen (secondary N) is 1. The van der Waals surface area contributed by atoms with Crippen LogP contribution < -0.4 is 15.8 Å². The maximum absolute atomic E-state index is 13.2. The molecule has 0 bridgehead atoms. The monoisotopic (exact) mass is 555 g/mol. The summed E-state index contributed by atoms with van der Waals surface area (Å²) in [4.78, 5) is 28.6. The van der Waals surface area contributed by atoms with Crippen molar-refractivity contribution in [3.8, 4) is 17.0 Å². The number of nitrogens with zero attached hydrogens (tertiary/aromatic N) is 7. The molecule has 0 spiro atoms. The highest BCUT2D eigenvalue weighted by molar-refractivity contribution is 6.07. The number of fused-ring (bicyclic) bond motifs is 2. The van der Waals surface area contributed by atoms with E-state index in [0.717, 1.165) is 55.5 Å². The molecule has 5 heterocycles. The topological polar surface area (TPSA) is 138 Å². The number of ether oxygens (including phenoxy) is 2. The molecule has 0 saturated carbocycles. The number of methoxy groups -OCH3 is 2. The number of aryl methyl sites for hydroxylation is 1. The second kappa shape index (κ2) is 11.1. The van der Waals surface area contributed by atoms with Gasteiger partial charge in [-0.25, -0.2) is 14.6 Å². The van der Waals surface area contributed by atoms with Gasteiger partial charge in [0.1, 0.15) is 29.3 Å². The number of piperidine rings is 1. The average Bonchev–Trinajstić information content (AvgIpc) is 3.56. The van der Waals surface area contributed by atoms with Crippen molar-refractivity contribution in [3.05, 3.63) is 54.7 Å². The smallest absolute Gasteiger partial charge is 0.272 e. The first kappa shape index (κ1) is 26.7. The molecular formula is C29H33N9O3. The van der Waals surface area contributed by atoms with Gasteiger partial charge in [0, 0.05) is 50.9 Å². The Balaban J connectivity index is 1.30. The molecule has 1 aliphatic rings. The average molecular weight is 556 g/mol. The fourth-order valence-electron chi connectivity index (χ4n) is 5.58. The van der Waals surface area contributed by atoms with Crippen LogP contribution in [0.25, 0.3) is 33.2 Å². The van der Waals surface area contributed by atoms with Gasteiger partial charge in [0.05, 0.1) is 42.5 Å². The summed E-state index contributed by atoms with van der Waals surface area (Å²) in [5.41, 5.74) is 10.5. The summed E-state index contributed by atoms with van der Waals surface area (Å²) in [6.45, 7) is 3.56. The van der Waals surface area contributed by atoms with E-state index in [1.165, 1.54) is 6.33 Å². The zero-order valence-electron chi connectivity index (χ0n) is 23.4. The van der Waals surface area contributed by atoms with Gasteiger partial charge in [0.25, 0.3) is 5.91 Å². The molecule has 3 N–H and O–H groups in total. The minimum Gasteiger partial charge on any atom is -0.495 e. The number of anilines is 2. The molecule has 0 atom stereocenters. The molecule has 6 rings (SSSR count). The molecular weight excluding hydrogens is 522 g/mol. The fraction of sp³-hybridized carbons (Fsp3) is 0.345. The summed E-state index contributed by atoms with van der Waals surface area (Å²) in [5, 5.41) is 9.66. The number of likely N-dealkylation sites (tertiary alicyclic amines) is 1. The predicted molar refractivity (Wildman–Crippen MR) is 157 cm³/mol. The van der Waals surface area contributed by atoms with Crippen molar-refractivity contribution in [1.82, 2.24) is 34.2 Å². The van der Waals surface area contributed by atoms with E-state index >= 15 is 0 Å². The van der Waals surface area contributed by atoms with Gasteiger partial charge in [0.15, 0.2) is 5.65 Å². The second-order valence-corrected chi connectivity index (χ2v) is 10.2. The molecule has 1 saturated heterocycles. The summed E-state index contributed by atoms with van der Waals surface area (Å²) in [6, 6.07) is 9.48. The van der Waals surface area contributed by atoms with Gasteiger partial charge < -0.3 is 30.0 Å². The highest BCUT2D eigenvalue weighted by Crippen LogP contribution is 2.37. The summed E-state index contributed by atoms with van der Waals surface area (Å²) in [5.74, 6) is 0.621. The third-order valence-corrected chi connectivity index (χ3v) is 7.84. The van der Waals surface area contributed by atoms with Crippen molar-refractivity contribution in [2.45, 2.75) is 18.9 Å². The summed E-state index contributed by atoms with van der Waals surface area (Å²) in [6.07, 6.45) is 6.83. The molecule has 12 heteroatoms. The molecule has 212 valence electrons. The summed E-state index contributed by atoms with van der Waals surface area (Å²) >= 11 is 0. The van der Waals surface area contributed by atoms with Gasteiger partial charge in [-0.2, -0.15) is 5.10 Å². The molecule has 1 fully saturated rings. The van der Waals surface area contributed by atoms with Crippen LogP contribution in [0.3, 0.4) is 0 Å². The van der Waals surface area contributed by atoms with Gasteiger partial charge in [-0.3, -0.25) is 9.78 Å². The minimum atomic E-state index is -0.251. The Morgan fingerprint density at radius 1 is 1.15 bits per heavy atom. The van der Waals surface area contributed by atoms with Crippen LogP contribution in [0.2, 0.25) is 0 Å². The zero-order valence-corrected chi connectivity index (χ0v) is 23.4. The fourth-order valence-corrected chi connectivity index (χ4v) is 5.58. The second-order valence-electron chi connectivity index (χ2n) is 10.2. The van der Waals surface area contributed by atoms with Crippen molar-refractivity contribution in [2.75, 3.05) is 51.5 Å². The molecule has 41 heavy (non-hydrogen) atoms. The maximum Gasteiger partial charge on any atom is 0.272 e. The molecule has 0 aliphatic carbocycles. The SMILES string of the molecule is COCCN1CCC(n2nc(-c3ccc(NC(=O)c4cc5ccncc5n4C)c(OC)c3)c3c(N)ncnc32)CC1. The van der Waals surface area contributed by atoms with Gasteiger partial charge >= 0.3 is 0 Å². The largest absolute Gasteiger partial charge is 0.495 e. The van der Waals surface area contributed by atoms with E-state index in [1.807, 2.05) is 46.6 Å². The van der Waals surface area contributed by atoms with Crippen molar-refractivity contribution in [3.63, 3.8) is 0 Å². The molecule has 0 radical (unpaired) electrons. The number of nitrogens with two attached hydrogens (primary N) is 1. The van der Waals surface area contributed by atoms with Crippen LogP contribution in [-0.4, -0.2) is 80.6 Å². The van der Waals surface area contributed by atoms with E-state index in [0.29, 0.717) is 39.7 Å². The van der Waals surface area contributed by atoms with Gasteiger partial charge in [0.2, 0.25) is 0 Å². The van der Waals surface area contributed by atoms with Gasteiger partial charge in [-0.15, -0.1) is 0 Å². The van der Waals surface area contributed by atoms with E-state index in [-0.39, 0.29) is 11.9 Å². The van der Waals surface area contributed by atoms with E-state index in [4.69, 9.17) is 20.3 Å². The Kier molecular flexibility index (Phi) is 7.25. The van der Waals surface area contributed by atoms with E-state index in [1.54, 1.807) is 26.6 Å². The standard InChI is InChI=1S/C29H33N9O3/c1-36-22(14-18-6-9-31-16-23(18)36)29(39)34-21-5-4-19(15-24(21)41-3)26-25-27(30)32-17-33-28(25)38(35-26)20-7-10-37(11-8-20)12-13-40-2/h4-6,9,14-17,20H,7-8,10-13H2,1-3H3,(H,34,39)(H2,30,32,33). The molecule has 0 unspecified atom stereocenters. The number of amides is 1. The van der Waals surface area contributed by atoms with Gasteiger partial charge in [-0.05, 0) is 37.1 Å². The first-order chi connectivity index (χ1) is 20.0. The zero-order chi connectivity index (χ0) is 28.5. The normalized spacial score (nSPS) is 14.6. The number of carbonyl (C=O) groups is 1. The lowest BCUT2D eigenvalue weighted by Crippen LogP contribution is -2.36. The third-order valence-electron chi connectivity index (χ3n) is 7.84. The lowest BCUT2D eigenvalue weighted by atomic mass is 10.1. The Hall–Kier alpha value is -4.55. The van der Waals surface area contributed by atoms with Crippen LogP contribution in [-0.2, 0) is 11.8 Å². The quantitative estimate of drug-likeness (QED) is 0.295. The van der Waals surface area contributed by atoms with Crippen molar-refractivity contribution >= 4 is 39.3 Å². The first-order valence-electron chi connectivity index (χ1n) is 13.6. The van der Waals surface area contributed by atoms with Gasteiger partial charge in [-0.1, -0.05) is 6.07 Å². The summed E-state index contributed by atoms with van der Waals surface area (Å²) in [7, 11) is 5.14. The molecule has 1 amide bonds. The number of carbonyl (C=O) groups excluding carboxylic acids is 1. The van der Waals surface area contributed by atoms with E-state index < -0.39 is 0 Å². The van der Waals surface area contributed by atoms with Crippen LogP contribution in [0.4, 0.5) is 11.5 Å². The molecule has 5 aromatic rings. The van der Waals surface area contributed by atoms with E-state index in [9.17, 15) is 4.79 Å². The highest BCUT2D eigenvalue weighted by Gasteiger charge is 2.26. The Labute approximate surface area is 237 Å². The van der Waals surface area contributed by atoms with Crippen LogP contribution in [0.1, 0.15) is 29.4 Å². The number of aromatic nitrogens is 6. The number of benzene rings is 1. The van der Waals surface area contributed by atoms with Crippen molar-refractivity contribution < 1.29 is 14.3 Å². The van der Waals surface area contributed by atoms with Crippen molar-refractivity contribution in [2.24, 2.45) is 7.05 Å². The number of hydrogen-bond acceptors (Lipinski definition) is 9. The van der Waals surface area contributed by atoms with Crippen LogP contribution in [0.5, 0.6) is 5.75 Å². The molecule has 12 nitrogen and oxygen atoms in total. The number of hydrogen-bond donors (Lipinski definition) is 2. The van der Waals surface area contributed by atoms with Crippen LogP contribution in [0.15, 0.2) is 49.1 Å². The Morgan fingerprint density at radius 3 is 2.73 bits per heavy atom. The summed E-state index contributed by atoms with van der Waals surface area (Å²) < 4.78 is 14.8. The molecule has 4 aromatic heterocycles. The molecule has 1 aliphatic heterocycles. The maximum atomic E-state index is 13.2. The third kappa shape index (κ3) is 4.96. The van der Waals surface area contributed by atoms with Crippen LogP contribution >= 0.6 is 0 Å². The lowest BCUT2D eigenvalue weighted by molar-refractivity contribution is 0.101. The van der Waals surface area contributed by atoms with Crippen LogP contribution in [0, 0.1) is 0 Å². The van der Waals surface area contributed by atoms with E-state index in [2.05, 4.69) is 25.2 Å². The number of nitrogen functional groups attached to an aromatic ring is 1. The Morgan fingerprint density at radius 2 is 1.98 bits per heavy atom. The predicted octanol–water partition coefficient (Wildman–Crippen LogP) is 3.51.